The molecule has 0 spiro atoms. The van der Waals surface area contributed by atoms with Crippen LogP contribution >= 0.6 is 0 Å². The lowest BCUT2D eigenvalue weighted by Crippen LogP contribution is -2.18. The lowest BCUT2D eigenvalue weighted by atomic mass is 10.2. The second kappa shape index (κ2) is 5.92. The van der Waals surface area contributed by atoms with Crippen LogP contribution in [0.5, 0.6) is 0 Å². The van der Waals surface area contributed by atoms with Crippen molar-refractivity contribution in [2.45, 2.75) is 19.4 Å². The fourth-order valence-electron chi connectivity index (χ4n) is 2.49. The largest absolute Gasteiger partial charge is 0.382 e. The number of nitrogens with one attached hydrogen (secondary N) is 1. The van der Waals surface area contributed by atoms with Crippen molar-refractivity contribution in [1.82, 2.24) is 15.1 Å². The zero-order valence-electron chi connectivity index (χ0n) is 11.8. The number of likely N-dealkylation sites (tertiary alicyclic amines) is 1. The Morgan fingerprint density at radius 3 is 2.71 bits per heavy atom. The molecule has 0 aliphatic carbocycles. The molecule has 0 atom stereocenters. The molecule has 2 heterocycles. The van der Waals surface area contributed by atoms with Crippen molar-refractivity contribution in [3.05, 3.63) is 29.8 Å². The minimum atomic E-state index is 0.254. The summed E-state index contributed by atoms with van der Waals surface area (Å²) in [7, 11) is 0. The molecule has 1 saturated heterocycles. The Hall–Kier alpha value is -2.41. The molecular formula is C14H19N7. The Balaban J connectivity index is 1.73. The van der Waals surface area contributed by atoms with Crippen LogP contribution in [0.4, 0.5) is 23.0 Å². The number of aromatic nitrogens is 2. The highest BCUT2D eigenvalue weighted by molar-refractivity contribution is 5.70. The number of anilines is 2. The molecule has 1 aliphatic heterocycles. The van der Waals surface area contributed by atoms with Crippen molar-refractivity contribution in [3.8, 4) is 0 Å². The number of nitrogens with two attached hydrogens (primary N) is 2. The maximum absolute atomic E-state index is 5.69. The molecule has 5 N–H and O–H groups in total. The molecule has 1 aromatic carbocycles. The average molecular weight is 285 g/mol. The first-order valence-corrected chi connectivity index (χ1v) is 7.05. The predicted octanol–water partition coefficient (Wildman–Crippen LogP) is 2.59. The molecule has 1 aliphatic rings. The van der Waals surface area contributed by atoms with Gasteiger partial charge in [0.1, 0.15) is 5.82 Å². The lowest BCUT2D eigenvalue weighted by molar-refractivity contribution is 0.331. The van der Waals surface area contributed by atoms with Gasteiger partial charge in [0, 0.05) is 6.54 Å². The number of aromatic amines is 1. The van der Waals surface area contributed by atoms with Crippen LogP contribution in [0.3, 0.4) is 0 Å². The summed E-state index contributed by atoms with van der Waals surface area (Å²) < 4.78 is 0. The first-order chi connectivity index (χ1) is 10.2. The maximum atomic E-state index is 5.69. The van der Waals surface area contributed by atoms with Crippen molar-refractivity contribution in [2.75, 3.05) is 24.6 Å². The van der Waals surface area contributed by atoms with E-state index >= 15 is 0 Å². The molecule has 7 heteroatoms. The molecule has 1 fully saturated rings. The minimum absolute atomic E-state index is 0.254. The number of hydrogen-bond acceptors (Lipinski definition) is 6. The first-order valence-electron chi connectivity index (χ1n) is 7.05. The lowest BCUT2D eigenvalue weighted by Gasteiger charge is -2.14. The van der Waals surface area contributed by atoms with Gasteiger partial charge in [-0.1, -0.05) is 12.1 Å². The van der Waals surface area contributed by atoms with Crippen LogP contribution < -0.4 is 11.5 Å². The fourth-order valence-corrected chi connectivity index (χ4v) is 2.49. The van der Waals surface area contributed by atoms with Crippen LogP contribution in [0.15, 0.2) is 34.5 Å². The van der Waals surface area contributed by atoms with E-state index in [1.807, 2.05) is 18.2 Å². The highest BCUT2D eigenvalue weighted by Gasteiger charge is 2.11. The van der Waals surface area contributed by atoms with E-state index in [9.17, 15) is 0 Å². The van der Waals surface area contributed by atoms with Gasteiger partial charge < -0.3 is 11.5 Å². The van der Waals surface area contributed by atoms with Crippen LogP contribution in [0.1, 0.15) is 18.4 Å². The molecule has 7 nitrogen and oxygen atoms in total. The van der Waals surface area contributed by atoms with Gasteiger partial charge >= 0.3 is 0 Å². The van der Waals surface area contributed by atoms with Crippen molar-refractivity contribution in [3.63, 3.8) is 0 Å². The molecule has 0 bridgehead atoms. The van der Waals surface area contributed by atoms with Gasteiger partial charge in [0.2, 0.25) is 0 Å². The Kier molecular flexibility index (Phi) is 3.83. The first kappa shape index (κ1) is 13.6. The summed E-state index contributed by atoms with van der Waals surface area (Å²) in [5.41, 5.74) is 13.8. The Morgan fingerprint density at radius 1 is 1.19 bits per heavy atom. The maximum Gasteiger partial charge on any atom is 0.175 e. The van der Waals surface area contributed by atoms with Gasteiger partial charge in [0.25, 0.3) is 0 Å². The predicted molar refractivity (Wildman–Crippen MR) is 82.5 cm³/mol. The van der Waals surface area contributed by atoms with E-state index in [2.05, 4.69) is 31.4 Å². The Labute approximate surface area is 123 Å². The third-order valence-corrected chi connectivity index (χ3v) is 3.58. The molecule has 0 radical (unpaired) electrons. The van der Waals surface area contributed by atoms with Crippen LogP contribution in [0.2, 0.25) is 0 Å². The van der Waals surface area contributed by atoms with Crippen molar-refractivity contribution < 1.29 is 0 Å². The van der Waals surface area contributed by atoms with Crippen LogP contribution in [0.25, 0.3) is 0 Å². The monoisotopic (exact) mass is 285 g/mol. The fraction of sp³-hybridized carbons (Fsp3) is 0.357. The summed E-state index contributed by atoms with van der Waals surface area (Å²) in [6.07, 6.45) is 2.58. The SMILES string of the molecule is Nc1n[nH]c(N)c1N=Nc1cccc(CN2CCCC2)c1. The van der Waals surface area contributed by atoms with E-state index in [1.54, 1.807) is 0 Å². The number of hydrogen-bond donors (Lipinski definition) is 3. The van der Waals surface area contributed by atoms with E-state index < -0.39 is 0 Å². The quantitative estimate of drug-likeness (QED) is 0.750. The smallest absolute Gasteiger partial charge is 0.175 e. The van der Waals surface area contributed by atoms with Gasteiger partial charge in [0.05, 0.1) is 5.69 Å². The van der Waals surface area contributed by atoms with E-state index in [0.717, 1.165) is 12.2 Å². The highest BCUT2D eigenvalue weighted by Crippen LogP contribution is 2.28. The normalized spacial score (nSPS) is 16.0. The van der Waals surface area contributed by atoms with Crippen LogP contribution in [0, 0.1) is 0 Å². The van der Waals surface area contributed by atoms with Gasteiger partial charge in [-0.2, -0.15) is 10.2 Å². The molecule has 2 aromatic rings. The Bertz CT molecular complexity index is 621. The average Bonchev–Trinajstić information content (AvgIpc) is 3.09. The zero-order valence-corrected chi connectivity index (χ0v) is 11.8. The number of H-pyrrole nitrogens is 1. The molecule has 110 valence electrons. The summed E-state index contributed by atoms with van der Waals surface area (Å²) in [6, 6.07) is 8.04. The number of rotatable bonds is 4. The topological polar surface area (TPSA) is 109 Å². The summed E-state index contributed by atoms with van der Waals surface area (Å²) >= 11 is 0. The molecule has 3 rings (SSSR count). The second-order valence-corrected chi connectivity index (χ2v) is 5.22. The van der Waals surface area contributed by atoms with Crippen LogP contribution in [-0.2, 0) is 6.54 Å². The third-order valence-electron chi connectivity index (χ3n) is 3.58. The van der Waals surface area contributed by atoms with E-state index in [-0.39, 0.29) is 5.82 Å². The number of azo groups is 1. The van der Waals surface area contributed by atoms with Crippen molar-refractivity contribution in [2.24, 2.45) is 10.2 Å². The highest BCUT2D eigenvalue weighted by atomic mass is 15.2. The van der Waals surface area contributed by atoms with E-state index in [1.165, 1.54) is 31.5 Å². The van der Waals surface area contributed by atoms with Gasteiger partial charge in [0.15, 0.2) is 11.5 Å². The van der Waals surface area contributed by atoms with Gasteiger partial charge in [-0.15, -0.1) is 5.11 Å². The number of nitrogens with zero attached hydrogens (tertiary/aromatic N) is 4. The number of nitrogen functional groups attached to an aromatic ring is 2. The molecule has 0 unspecified atom stereocenters. The summed E-state index contributed by atoms with van der Waals surface area (Å²) in [6.45, 7) is 3.31. The second-order valence-electron chi connectivity index (χ2n) is 5.22. The molecule has 0 saturated carbocycles. The van der Waals surface area contributed by atoms with Gasteiger partial charge in [-0.3, -0.25) is 10.00 Å². The van der Waals surface area contributed by atoms with E-state index in [0.29, 0.717) is 11.5 Å². The zero-order chi connectivity index (χ0) is 14.7. The van der Waals surface area contributed by atoms with Gasteiger partial charge in [-0.25, -0.2) is 0 Å². The van der Waals surface area contributed by atoms with Crippen molar-refractivity contribution in [1.29, 1.82) is 0 Å². The van der Waals surface area contributed by atoms with Crippen LogP contribution in [-0.4, -0.2) is 28.2 Å². The summed E-state index contributed by atoms with van der Waals surface area (Å²) in [4.78, 5) is 2.45. The number of benzene rings is 1. The molecule has 1 aromatic heterocycles. The summed E-state index contributed by atoms with van der Waals surface area (Å²) in [5, 5.41) is 14.6. The Morgan fingerprint density at radius 2 is 2.00 bits per heavy atom. The minimum Gasteiger partial charge on any atom is -0.382 e. The van der Waals surface area contributed by atoms with Gasteiger partial charge in [-0.05, 0) is 43.6 Å². The summed E-state index contributed by atoms with van der Waals surface area (Å²) in [5.74, 6) is 0.578. The van der Waals surface area contributed by atoms with Crippen molar-refractivity contribution >= 4 is 23.0 Å². The van der Waals surface area contributed by atoms with E-state index in [4.69, 9.17) is 11.5 Å². The third kappa shape index (κ3) is 3.19. The molecular weight excluding hydrogens is 266 g/mol. The molecule has 21 heavy (non-hydrogen) atoms. The standard InChI is InChI=1S/C14H19N7/c15-13-12(14(16)20-19-13)18-17-11-5-3-4-10(8-11)9-21-6-1-2-7-21/h3-5,8H,1-2,6-7,9H2,(H5,15,16,19,20). The molecule has 0 amide bonds.